The summed E-state index contributed by atoms with van der Waals surface area (Å²) in [7, 11) is 0. The first-order valence-electron chi connectivity index (χ1n) is 3.68. The first-order valence-corrected chi connectivity index (χ1v) is 3.68. The Bertz CT molecular complexity index is 271. The van der Waals surface area contributed by atoms with Crippen LogP contribution in [0.15, 0.2) is 36.5 Å². The second kappa shape index (κ2) is 4.84. The second-order valence-electron chi connectivity index (χ2n) is 2.78. The normalized spacial score (nSPS) is 25.9. The van der Waals surface area contributed by atoms with Crippen LogP contribution in [0.2, 0.25) is 0 Å². The molecule has 3 nitrogen and oxygen atoms in total. The second-order valence-corrected chi connectivity index (χ2v) is 2.78. The third-order valence-electron chi connectivity index (χ3n) is 1.66. The number of carbonyl (C=O) groups is 1. The van der Waals surface area contributed by atoms with Crippen molar-refractivity contribution >= 4 is 18.4 Å². The molecule has 0 heterocycles. The van der Waals surface area contributed by atoms with Gasteiger partial charge in [0.1, 0.15) is 0 Å². The van der Waals surface area contributed by atoms with E-state index in [-0.39, 0.29) is 12.4 Å². The molecule has 0 fully saturated rings. The van der Waals surface area contributed by atoms with Crippen molar-refractivity contribution in [2.75, 3.05) is 0 Å². The van der Waals surface area contributed by atoms with E-state index in [1.165, 1.54) is 6.08 Å². The van der Waals surface area contributed by atoms with E-state index in [2.05, 4.69) is 0 Å². The van der Waals surface area contributed by atoms with Crippen LogP contribution in [0.5, 0.6) is 0 Å². The van der Waals surface area contributed by atoms with Crippen LogP contribution in [0.3, 0.4) is 0 Å². The topological polar surface area (TPSA) is 63.3 Å². The predicted molar refractivity (Wildman–Crippen MR) is 53.8 cm³/mol. The summed E-state index contributed by atoms with van der Waals surface area (Å²) in [6.07, 6.45) is 10.6. The maximum absolute atomic E-state index is 10.2. The van der Waals surface area contributed by atoms with Crippen LogP contribution in [0.25, 0.3) is 0 Å². The summed E-state index contributed by atoms with van der Waals surface area (Å²) in [5.74, 6) is -0.970. The van der Waals surface area contributed by atoms with Crippen LogP contribution in [-0.2, 0) is 4.79 Å². The average molecular weight is 202 g/mol. The Morgan fingerprint density at radius 2 is 2.23 bits per heavy atom. The molecule has 1 aliphatic carbocycles. The molecule has 0 aromatic heterocycles. The van der Waals surface area contributed by atoms with E-state index in [9.17, 15) is 4.79 Å². The van der Waals surface area contributed by atoms with Gasteiger partial charge < -0.3 is 10.8 Å². The maximum atomic E-state index is 10.2. The smallest absolute Gasteiger partial charge is 0.328 e. The number of aliphatic carboxylic acids is 1. The Kier molecular flexibility index (Phi) is 4.45. The fraction of sp³-hybridized carbons (Fsp3) is 0.222. The summed E-state index contributed by atoms with van der Waals surface area (Å²) in [5.41, 5.74) is 5.20. The monoisotopic (exact) mass is 201 g/mol. The van der Waals surface area contributed by atoms with E-state index < -0.39 is 11.5 Å². The van der Waals surface area contributed by atoms with Gasteiger partial charge >= 0.3 is 5.97 Å². The number of halogens is 1. The average Bonchev–Trinajstić information content (AvgIpc) is 2.03. The van der Waals surface area contributed by atoms with E-state index in [1.54, 1.807) is 6.08 Å². The van der Waals surface area contributed by atoms with Crippen molar-refractivity contribution in [1.82, 2.24) is 0 Å². The standard InChI is InChI=1S/C9H11NO2.ClH/c10-9(7-4-8(11)12)5-2-1-3-6-9;/h1-5,7H,6,10H2,(H,11,12);1H. The van der Waals surface area contributed by atoms with Gasteiger partial charge in [-0.1, -0.05) is 30.4 Å². The molecule has 1 atom stereocenters. The SMILES string of the molecule is Cl.NC1(C=CC(=O)O)C=CC=CC1. The third kappa shape index (κ3) is 3.92. The van der Waals surface area contributed by atoms with Gasteiger partial charge in [-0.05, 0) is 6.42 Å². The fourth-order valence-corrected chi connectivity index (χ4v) is 1.00. The number of rotatable bonds is 2. The van der Waals surface area contributed by atoms with Crippen molar-refractivity contribution in [2.45, 2.75) is 12.0 Å². The Labute approximate surface area is 83.0 Å². The number of hydrogen-bond acceptors (Lipinski definition) is 2. The Balaban J connectivity index is 0.00000144. The van der Waals surface area contributed by atoms with E-state index >= 15 is 0 Å². The van der Waals surface area contributed by atoms with E-state index in [0.29, 0.717) is 6.42 Å². The van der Waals surface area contributed by atoms with Gasteiger partial charge in [0.25, 0.3) is 0 Å². The first kappa shape index (κ1) is 11.9. The maximum Gasteiger partial charge on any atom is 0.328 e. The van der Waals surface area contributed by atoms with Crippen molar-refractivity contribution in [3.05, 3.63) is 36.5 Å². The summed E-state index contributed by atoms with van der Waals surface area (Å²) in [5, 5.41) is 8.37. The van der Waals surface area contributed by atoms with Crippen LogP contribution in [0, 0.1) is 0 Å². The predicted octanol–water partition coefficient (Wildman–Crippen LogP) is 1.26. The van der Waals surface area contributed by atoms with Crippen molar-refractivity contribution in [1.29, 1.82) is 0 Å². The minimum atomic E-state index is -0.970. The third-order valence-corrected chi connectivity index (χ3v) is 1.66. The molecule has 0 aliphatic heterocycles. The molecular formula is C9H12ClNO2. The molecule has 0 radical (unpaired) electrons. The first-order chi connectivity index (χ1) is 5.62. The Morgan fingerprint density at radius 3 is 2.69 bits per heavy atom. The van der Waals surface area contributed by atoms with Gasteiger partial charge in [0.05, 0.1) is 5.54 Å². The Morgan fingerprint density at radius 1 is 1.54 bits per heavy atom. The number of carboxylic acids is 1. The van der Waals surface area contributed by atoms with Crippen molar-refractivity contribution in [2.24, 2.45) is 5.73 Å². The largest absolute Gasteiger partial charge is 0.478 e. The molecule has 0 bridgehead atoms. The fourth-order valence-electron chi connectivity index (χ4n) is 1.00. The van der Waals surface area contributed by atoms with Crippen molar-refractivity contribution in [3.8, 4) is 0 Å². The minimum absolute atomic E-state index is 0. The highest BCUT2D eigenvalue weighted by atomic mass is 35.5. The minimum Gasteiger partial charge on any atom is -0.478 e. The Hall–Kier alpha value is -1.06. The highest BCUT2D eigenvalue weighted by Crippen LogP contribution is 2.15. The zero-order valence-corrected chi connectivity index (χ0v) is 7.83. The highest BCUT2D eigenvalue weighted by Gasteiger charge is 2.17. The van der Waals surface area contributed by atoms with Crippen LogP contribution in [-0.4, -0.2) is 16.6 Å². The lowest BCUT2D eigenvalue weighted by atomic mass is 9.92. The van der Waals surface area contributed by atoms with Gasteiger partial charge in [-0.3, -0.25) is 0 Å². The summed E-state index contributed by atoms with van der Waals surface area (Å²) >= 11 is 0. The number of carboxylic acid groups (broad SMARTS) is 1. The van der Waals surface area contributed by atoms with Crippen LogP contribution < -0.4 is 5.73 Å². The van der Waals surface area contributed by atoms with Gasteiger partial charge in [0, 0.05) is 6.08 Å². The van der Waals surface area contributed by atoms with Crippen LogP contribution >= 0.6 is 12.4 Å². The molecule has 0 aromatic rings. The number of allylic oxidation sites excluding steroid dienone is 2. The van der Waals surface area contributed by atoms with E-state index in [4.69, 9.17) is 10.8 Å². The quantitative estimate of drug-likeness (QED) is 0.662. The van der Waals surface area contributed by atoms with Crippen molar-refractivity contribution in [3.63, 3.8) is 0 Å². The van der Waals surface area contributed by atoms with E-state index in [0.717, 1.165) is 6.08 Å². The molecule has 72 valence electrons. The molecular weight excluding hydrogens is 190 g/mol. The lowest BCUT2D eigenvalue weighted by molar-refractivity contribution is -0.131. The number of nitrogens with two attached hydrogens (primary N) is 1. The summed E-state index contributed by atoms with van der Waals surface area (Å²) in [6, 6.07) is 0. The van der Waals surface area contributed by atoms with Gasteiger partial charge in [-0.15, -0.1) is 12.4 Å². The molecule has 0 aromatic carbocycles. The molecule has 1 unspecified atom stereocenters. The molecule has 0 saturated carbocycles. The molecule has 13 heavy (non-hydrogen) atoms. The summed E-state index contributed by atoms with van der Waals surface area (Å²) in [6.45, 7) is 0. The lowest BCUT2D eigenvalue weighted by Gasteiger charge is -2.21. The number of hydrogen-bond donors (Lipinski definition) is 2. The molecule has 0 amide bonds. The summed E-state index contributed by atoms with van der Waals surface area (Å²) < 4.78 is 0. The van der Waals surface area contributed by atoms with Crippen LogP contribution in [0.1, 0.15) is 6.42 Å². The van der Waals surface area contributed by atoms with Gasteiger partial charge in [-0.25, -0.2) is 4.79 Å². The van der Waals surface area contributed by atoms with Crippen LogP contribution in [0.4, 0.5) is 0 Å². The van der Waals surface area contributed by atoms with Gasteiger partial charge in [0.2, 0.25) is 0 Å². The molecule has 0 spiro atoms. The lowest BCUT2D eigenvalue weighted by Crippen LogP contribution is -2.35. The zero-order chi connectivity index (χ0) is 9.03. The van der Waals surface area contributed by atoms with Gasteiger partial charge in [0.15, 0.2) is 0 Å². The van der Waals surface area contributed by atoms with Crippen molar-refractivity contribution < 1.29 is 9.90 Å². The summed E-state index contributed by atoms with van der Waals surface area (Å²) in [4.78, 5) is 10.2. The van der Waals surface area contributed by atoms with Gasteiger partial charge in [-0.2, -0.15) is 0 Å². The van der Waals surface area contributed by atoms with E-state index in [1.807, 2.05) is 18.2 Å². The zero-order valence-electron chi connectivity index (χ0n) is 7.01. The molecule has 0 saturated heterocycles. The molecule has 1 aliphatic rings. The highest BCUT2D eigenvalue weighted by molar-refractivity contribution is 5.85. The molecule has 4 heteroatoms. The molecule has 1 rings (SSSR count). The molecule has 3 N–H and O–H groups in total.